The number of benzene rings is 2. The van der Waals surface area contributed by atoms with Crippen molar-refractivity contribution >= 4 is 35.1 Å². The Morgan fingerprint density at radius 1 is 0.690 bits per heavy atom. The molecule has 2 amide bonds. The molecule has 0 aromatic heterocycles. The highest BCUT2D eigenvalue weighted by Crippen LogP contribution is 2.39. The van der Waals surface area contributed by atoms with Crippen molar-refractivity contribution in [2.45, 2.75) is 38.1 Å². The molecule has 29 heavy (non-hydrogen) atoms. The van der Waals surface area contributed by atoms with Gasteiger partial charge in [0.2, 0.25) is 0 Å². The molecule has 146 valence electrons. The number of imide groups is 1. The van der Waals surface area contributed by atoms with Crippen LogP contribution in [0, 0.1) is 0 Å². The summed E-state index contributed by atoms with van der Waals surface area (Å²) in [6.07, 6.45) is 8.62. The van der Waals surface area contributed by atoms with Crippen molar-refractivity contribution in [2.24, 2.45) is 0 Å². The van der Waals surface area contributed by atoms with Crippen LogP contribution in [0.25, 0.3) is 23.3 Å². The molecule has 1 heterocycles. The van der Waals surface area contributed by atoms with Gasteiger partial charge in [0, 0.05) is 6.04 Å². The second kappa shape index (κ2) is 8.04. The van der Waals surface area contributed by atoms with Gasteiger partial charge in [-0.15, -0.1) is 0 Å². The van der Waals surface area contributed by atoms with Crippen LogP contribution in [-0.4, -0.2) is 22.8 Å². The Hall–Kier alpha value is -3.20. The average Bonchev–Trinajstić information content (AvgIpc) is 3.04. The third kappa shape index (κ3) is 3.49. The standard InChI is InChI=1S/C26H25NO2/c1-3-18-10-14-20(15-11-18)23-24(21-16-12-19(4-2)13-17-21)26(29)27(25(23)28)22-8-6-5-7-9-22/h3-4,10-17,22H,1-2,5-9H2. The van der Waals surface area contributed by atoms with Crippen LogP contribution in [0.5, 0.6) is 0 Å². The van der Waals surface area contributed by atoms with E-state index in [4.69, 9.17) is 0 Å². The SMILES string of the molecule is C=Cc1ccc(C2=C(c3ccc(C=C)cc3)C(=O)N(C3CCCCC3)C2=O)cc1. The van der Waals surface area contributed by atoms with Crippen LogP contribution < -0.4 is 0 Å². The molecule has 2 aliphatic rings. The molecule has 0 bridgehead atoms. The molecule has 1 fully saturated rings. The Morgan fingerprint density at radius 2 is 1.10 bits per heavy atom. The highest BCUT2D eigenvalue weighted by Gasteiger charge is 2.43. The molecule has 0 spiro atoms. The summed E-state index contributed by atoms with van der Waals surface area (Å²) >= 11 is 0. The predicted octanol–water partition coefficient (Wildman–Crippen LogP) is 5.58. The molecule has 1 saturated carbocycles. The quantitative estimate of drug-likeness (QED) is 0.632. The van der Waals surface area contributed by atoms with Crippen LogP contribution >= 0.6 is 0 Å². The minimum absolute atomic E-state index is 0.00357. The lowest BCUT2D eigenvalue weighted by molar-refractivity contribution is -0.139. The molecule has 0 unspecified atom stereocenters. The first-order valence-corrected chi connectivity index (χ1v) is 10.2. The van der Waals surface area contributed by atoms with Crippen molar-refractivity contribution < 1.29 is 9.59 Å². The van der Waals surface area contributed by atoms with Gasteiger partial charge < -0.3 is 0 Å². The lowest BCUT2D eigenvalue weighted by atomic mass is 9.94. The first kappa shape index (κ1) is 19.1. The van der Waals surface area contributed by atoms with Gasteiger partial charge in [0.15, 0.2) is 0 Å². The molecule has 3 nitrogen and oxygen atoms in total. The summed E-state index contributed by atoms with van der Waals surface area (Å²) in [6.45, 7) is 7.58. The lowest BCUT2D eigenvalue weighted by Crippen LogP contribution is -2.42. The normalized spacial score (nSPS) is 17.7. The number of rotatable bonds is 5. The smallest absolute Gasteiger partial charge is 0.262 e. The Balaban J connectivity index is 1.83. The monoisotopic (exact) mass is 383 g/mol. The summed E-state index contributed by atoms with van der Waals surface area (Å²) in [7, 11) is 0. The summed E-state index contributed by atoms with van der Waals surface area (Å²) in [5.41, 5.74) is 4.51. The van der Waals surface area contributed by atoms with Crippen molar-refractivity contribution in [1.82, 2.24) is 4.90 Å². The number of carbonyl (C=O) groups excluding carboxylic acids is 2. The highest BCUT2D eigenvalue weighted by molar-refractivity contribution is 6.49. The van der Waals surface area contributed by atoms with E-state index >= 15 is 0 Å². The highest BCUT2D eigenvalue weighted by atomic mass is 16.2. The van der Waals surface area contributed by atoms with E-state index in [1.54, 1.807) is 12.2 Å². The van der Waals surface area contributed by atoms with Gasteiger partial charge in [-0.3, -0.25) is 14.5 Å². The van der Waals surface area contributed by atoms with Gasteiger partial charge in [-0.05, 0) is 35.1 Å². The first-order chi connectivity index (χ1) is 14.1. The number of carbonyl (C=O) groups is 2. The second-order valence-electron chi connectivity index (χ2n) is 7.67. The van der Waals surface area contributed by atoms with Crippen molar-refractivity contribution in [1.29, 1.82) is 0 Å². The van der Waals surface area contributed by atoms with Gasteiger partial charge in [0.05, 0.1) is 11.1 Å². The minimum atomic E-state index is -0.170. The van der Waals surface area contributed by atoms with Crippen LogP contribution in [0.15, 0.2) is 61.7 Å². The van der Waals surface area contributed by atoms with Crippen molar-refractivity contribution in [3.05, 3.63) is 83.9 Å². The summed E-state index contributed by atoms with van der Waals surface area (Å²) in [6, 6.07) is 15.3. The van der Waals surface area contributed by atoms with Gasteiger partial charge >= 0.3 is 0 Å². The van der Waals surface area contributed by atoms with Gasteiger partial charge in [-0.25, -0.2) is 0 Å². The summed E-state index contributed by atoms with van der Waals surface area (Å²) in [4.78, 5) is 28.5. The Bertz CT molecular complexity index is 917. The van der Waals surface area contributed by atoms with Crippen LogP contribution in [0.4, 0.5) is 0 Å². The average molecular weight is 383 g/mol. The zero-order chi connectivity index (χ0) is 20.4. The molecule has 2 aromatic carbocycles. The van der Waals surface area contributed by atoms with E-state index in [-0.39, 0.29) is 17.9 Å². The summed E-state index contributed by atoms with van der Waals surface area (Å²) < 4.78 is 0. The van der Waals surface area contributed by atoms with E-state index in [0.717, 1.165) is 47.9 Å². The van der Waals surface area contributed by atoms with Gasteiger partial charge in [0.1, 0.15) is 0 Å². The van der Waals surface area contributed by atoms with Crippen LogP contribution in [0.2, 0.25) is 0 Å². The molecular formula is C26H25NO2. The second-order valence-corrected chi connectivity index (χ2v) is 7.67. The van der Waals surface area contributed by atoms with E-state index in [1.165, 1.54) is 11.3 Å². The summed E-state index contributed by atoms with van der Waals surface area (Å²) in [5.74, 6) is -0.341. The van der Waals surface area contributed by atoms with Gasteiger partial charge in [0.25, 0.3) is 11.8 Å². The van der Waals surface area contributed by atoms with Gasteiger partial charge in [-0.1, -0.05) is 93.1 Å². The van der Waals surface area contributed by atoms with E-state index in [2.05, 4.69) is 13.2 Å². The fraction of sp³-hybridized carbons (Fsp3) is 0.231. The molecule has 2 aromatic rings. The molecule has 1 aliphatic carbocycles. The fourth-order valence-electron chi connectivity index (χ4n) is 4.33. The third-order valence-electron chi connectivity index (χ3n) is 5.93. The number of hydrogen-bond donors (Lipinski definition) is 0. The van der Waals surface area contributed by atoms with Crippen molar-refractivity contribution in [3.63, 3.8) is 0 Å². The molecule has 4 rings (SSSR count). The minimum Gasteiger partial charge on any atom is -0.271 e. The topological polar surface area (TPSA) is 37.4 Å². The molecular weight excluding hydrogens is 358 g/mol. The lowest BCUT2D eigenvalue weighted by Gasteiger charge is -2.30. The van der Waals surface area contributed by atoms with Crippen LogP contribution in [0.3, 0.4) is 0 Å². The molecule has 0 saturated heterocycles. The number of hydrogen-bond acceptors (Lipinski definition) is 2. The zero-order valence-corrected chi connectivity index (χ0v) is 16.6. The van der Waals surface area contributed by atoms with E-state index in [9.17, 15) is 9.59 Å². The third-order valence-corrected chi connectivity index (χ3v) is 5.93. The summed E-state index contributed by atoms with van der Waals surface area (Å²) in [5, 5.41) is 0. The maximum absolute atomic E-state index is 13.5. The van der Waals surface area contributed by atoms with Crippen molar-refractivity contribution in [2.75, 3.05) is 0 Å². The van der Waals surface area contributed by atoms with Crippen LogP contribution in [0.1, 0.15) is 54.4 Å². The Labute approximate surface area is 172 Å². The maximum atomic E-state index is 13.5. The Morgan fingerprint density at radius 3 is 1.48 bits per heavy atom. The fourth-order valence-corrected chi connectivity index (χ4v) is 4.33. The maximum Gasteiger partial charge on any atom is 0.262 e. The molecule has 0 radical (unpaired) electrons. The molecule has 1 aliphatic heterocycles. The molecule has 0 atom stereocenters. The number of amides is 2. The van der Waals surface area contributed by atoms with E-state index < -0.39 is 0 Å². The first-order valence-electron chi connectivity index (χ1n) is 10.2. The van der Waals surface area contributed by atoms with E-state index in [1.807, 2.05) is 48.5 Å². The number of nitrogens with zero attached hydrogens (tertiary/aromatic N) is 1. The largest absolute Gasteiger partial charge is 0.271 e. The molecule has 0 N–H and O–H groups in total. The van der Waals surface area contributed by atoms with Crippen molar-refractivity contribution in [3.8, 4) is 0 Å². The molecule has 3 heteroatoms. The predicted molar refractivity (Wildman–Crippen MR) is 119 cm³/mol. The van der Waals surface area contributed by atoms with Gasteiger partial charge in [-0.2, -0.15) is 0 Å². The van der Waals surface area contributed by atoms with Crippen LogP contribution in [-0.2, 0) is 9.59 Å². The van der Waals surface area contributed by atoms with E-state index in [0.29, 0.717) is 11.1 Å². The zero-order valence-electron chi connectivity index (χ0n) is 16.6. The Kier molecular flexibility index (Phi) is 5.30.